The molecular weight excluding hydrogens is 392 g/mol. The summed E-state index contributed by atoms with van der Waals surface area (Å²) >= 11 is 0. The van der Waals surface area contributed by atoms with Crippen molar-refractivity contribution < 1.29 is 18.0 Å². The standard InChI is InChI=1S/C20H24N4O4S/c1-22-13-16(29(27,28)24-11-8-14-4-2-3-5-17(14)24)12-18(22)20(26)23-9-6-15(7-10-23)19(21)25/h2-5,12-13,15H,6-11H2,1H3,(H2,21,25). The molecule has 0 unspecified atom stereocenters. The van der Waals surface area contributed by atoms with E-state index in [0.29, 0.717) is 50.3 Å². The number of rotatable bonds is 4. The van der Waals surface area contributed by atoms with Gasteiger partial charge in [0.25, 0.3) is 15.9 Å². The van der Waals surface area contributed by atoms with Crippen LogP contribution in [0, 0.1) is 5.92 Å². The number of primary amides is 1. The van der Waals surface area contributed by atoms with Crippen molar-refractivity contribution >= 4 is 27.5 Å². The molecule has 0 radical (unpaired) electrons. The number of nitrogens with zero attached hydrogens (tertiary/aromatic N) is 3. The number of benzene rings is 1. The fourth-order valence-electron chi connectivity index (χ4n) is 4.10. The van der Waals surface area contributed by atoms with Crippen LogP contribution in [0.15, 0.2) is 41.4 Å². The molecule has 2 amide bonds. The summed E-state index contributed by atoms with van der Waals surface area (Å²) in [6.45, 7) is 1.25. The van der Waals surface area contributed by atoms with Gasteiger partial charge in [-0.2, -0.15) is 0 Å². The molecule has 0 atom stereocenters. The lowest BCUT2D eigenvalue weighted by Crippen LogP contribution is -2.42. The summed E-state index contributed by atoms with van der Waals surface area (Å²) in [6, 6.07) is 8.90. The molecular formula is C20H24N4O4S. The van der Waals surface area contributed by atoms with Crippen molar-refractivity contribution in [3.63, 3.8) is 0 Å². The molecule has 1 aromatic carbocycles. The second kappa shape index (κ2) is 7.22. The van der Waals surface area contributed by atoms with Crippen molar-refractivity contribution in [1.82, 2.24) is 9.47 Å². The van der Waals surface area contributed by atoms with E-state index < -0.39 is 10.0 Å². The Hall–Kier alpha value is -2.81. The second-order valence-corrected chi connectivity index (χ2v) is 9.46. The lowest BCUT2D eigenvalue weighted by molar-refractivity contribution is -0.123. The molecule has 2 aromatic rings. The fourth-order valence-corrected chi connectivity index (χ4v) is 5.68. The number of para-hydroxylation sites is 1. The van der Waals surface area contributed by atoms with E-state index in [1.54, 1.807) is 22.6 Å². The number of likely N-dealkylation sites (tertiary alicyclic amines) is 1. The average molecular weight is 417 g/mol. The monoisotopic (exact) mass is 416 g/mol. The van der Waals surface area contributed by atoms with Crippen molar-refractivity contribution in [2.24, 2.45) is 18.7 Å². The molecule has 0 bridgehead atoms. The van der Waals surface area contributed by atoms with Crippen LogP contribution in [0.25, 0.3) is 0 Å². The van der Waals surface area contributed by atoms with Gasteiger partial charge in [0.2, 0.25) is 5.91 Å². The van der Waals surface area contributed by atoms with E-state index in [9.17, 15) is 18.0 Å². The minimum Gasteiger partial charge on any atom is -0.369 e. The van der Waals surface area contributed by atoms with Gasteiger partial charge >= 0.3 is 0 Å². The number of sulfonamides is 1. The van der Waals surface area contributed by atoms with E-state index in [-0.39, 0.29) is 22.6 Å². The lowest BCUT2D eigenvalue weighted by atomic mass is 9.96. The molecule has 0 spiro atoms. The molecule has 0 saturated carbocycles. The van der Waals surface area contributed by atoms with Crippen LogP contribution in [0.4, 0.5) is 5.69 Å². The summed E-state index contributed by atoms with van der Waals surface area (Å²) in [5, 5.41) is 0. The Morgan fingerprint density at radius 2 is 1.79 bits per heavy atom. The molecule has 8 nitrogen and oxygen atoms in total. The van der Waals surface area contributed by atoms with Crippen molar-refractivity contribution in [2.45, 2.75) is 24.2 Å². The summed E-state index contributed by atoms with van der Waals surface area (Å²) in [5.74, 6) is -0.785. The number of fused-ring (bicyclic) bond motifs is 1. The van der Waals surface area contributed by atoms with Crippen LogP contribution in [0.1, 0.15) is 28.9 Å². The van der Waals surface area contributed by atoms with Crippen LogP contribution in [-0.2, 0) is 28.3 Å². The van der Waals surface area contributed by atoms with Gasteiger partial charge in [0, 0.05) is 38.8 Å². The molecule has 1 fully saturated rings. The number of carbonyl (C=O) groups excluding carboxylic acids is 2. The number of carbonyl (C=O) groups is 2. The number of hydrogen-bond acceptors (Lipinski definition) is 4. The molecule has 2 N–H and O–H groups in total. The van der Waals surface area contributed by atoms with Gasteiger partial charge in [-0.1, -0.05) is 18.2 Å². The summed E-state index contributed by atoms with van der Waals surface area (Å²) in [4.78, 5) is 26.0. The zero-order valence-electron chi connectivity index (χ0n) is 16.2. The Morgan fingerprint density at radius 3 is 2.48 bits per heavy atom. The van der Waals surface area contributed by atoms with Gasteiger partial charge in [-0.25, -0.2) is 8.42 Å². The van der Waals surface area contributed by atoms with Crippen molar-refractivity contribution in [1.29, 1.82) is 0 Å². The minimum atomic E-state index is -3.76. The molecule has 3 heterocycles. The maximum atomic E-state index is 13.2. The highest BCUT2D eigenvalue weighted by molar-refractivity contribution is 7.92. The molecule has 0 aliphatic carbocycles. The van der Waals surface area contributed by atoms with Gasteiger partial charge in [-0.3, -0.25) is 13.9 Å². The first-order chi connectivity index (χ1) is 13.8. The Labute approximate surface area is 169 Å². The van der Waals surface area contributed by atoms with Gasteiger partial charge < -0.3 is 15.2 Å². The molecule has 4 rings (SSSR count). The first-order valence-corrected chi connectivity index (χ1v) is 11.1. The number of aryl methyl sites for hydroxylation is 1. The smallest absolute Gasteiger partial charge is 0.270 e. The lowest BCUT2D eigenvalue weighted by Gasteiger charge is -2.30. The third kappa shape index (κ3) is 3.39. The zero-order valence-corrected chi connectivity index (χ0v) is 17.1. The molecule has 154 valence electrons. The average Bonchev–Trinajstić information content (AvgIpc) is 3.32. The van der Waals surface area contributed by atoms with Crippen molar-refractivity contribution in [3.05, 3.63) is 47.8 Å². The van der Waals surface area contributed by atoms with E-state index in [0.717, 1.165) is 5.56 Å². The number of aromatic nitrogens is 1. The van der Waals surface area contributed by atoms with Crippen molar-refractivity contribution in [2.75, 3.05) is 23.9 Å². The maximum Gasteiger partial charge on any atom is 0.270 e. The zero-order chi connectivity index (χ0) is 20.8. The van der Waals surface area contributed by atoms with E-state index in [4.69, 9.17) is 5.73 Å². The van der Waals surface area contributed by atoms with Crippen molar-refractivity contribution in [3.8, 4) is 0 Å². The highest BCUT2D eigenvalue weighted by Crippen LogP contribution is 2.33. The molecule has 9 heteroatoms. The highest BCUT2D eigenvalue weighted by Gasteiger charge is 2.33. The summed E-state index contributed by atoms with van der Waals surface area (Å²) in [7, 11) is -2.09. The molecule has 2 aliphatic heterocycles. The molecule has 29 heavy (non-hydrogen) atoms. The van der Waals surface area contributed by atoms with E-state index in [1.807, 2.05) is 18.2 Å². The quantitative estimate of drug-likeness (QED) is 0.806. The summed E-state index contributed by atoms with van der Waals surface area (Å²) < 4.78 is 29.4. The normalized spacial score (nSPS) is 17.4. The topological polar surface area (TPSA) is 106 Å². The highest BCUT2D eigenvalue weighted by atomic mass is 32.2. The molecule has 1 aromatic heterocycles. The number of anilines is 1. The molecule has 2 aliphatic rings. The van der Waals surface area contributed by atoms with Gasteiger partial charge in [0.1, 0.15) is 10.6 Å². The van der Waals surface area contributed by atoms with Gasteiger partial charge in [-0.15, -0.1) is 0 Å². The Morgan fingerprint density at radius 1 is 1.10 bits per heavy atom. The first-order valence-electron chi connectivity index (χ1n) is 9.64. The fraction of sp³-hybridized carbons (Fsp3) is 0.400. The van der Waals surface area contributed by atoms with E-state index in [1.165, 1.54) is 16.6 Å². The minimum absolute atomic E-state index is 0.104. The van der Waals surface area contributed by atoms with Crippen LogP contribution in [0.3, 0.4) is 0 Å². The Bertz CT molecular complexity index is 1070. The van der Waals surface area contributed by atoms with Crippen LogP contribution >= 0.6 is 0 Å². The predicted molar refractivity (Wildman–Crippen MR) is 108 cm³/mol. The van der Waals surface area contributed by atoms with Gasteiger partial charge in [0.15, 0.2) is 0 Å². The van der Waals surface area contributed by atoms with Gasteiger partial charge in [-0.05, 0) is 37.0 Å². The summed E-state index contributed by atoms with van der Waals surface area (Å²) in [5.41, 5.74) is 7.36. The third-order valence-electron chi connectivity index (χ3n) is 5.82. The second-order valence-electron chi connectivity index (χ2n) is 7.60. The van der Waals surface area contributed by atoms with Crippen LogP contribution in [0.5, 0.6) is 0 Å². The van der Waals surface area contributed by atoms with E-state index in [2.05, 4.69) is 0 Å². The van der Waals surface area contributed by atoms with E-state index >= 15 is 0 Å². The number of hydrogen-bond donors (Lipinski definition) is 1. The van der Waals surface area contributed by atoms with Crippen LogP contribution < -0.4 is 10.0 Å². The van der Waals surface area contributed by atoms with Crippen LogP contribution in [0.2, 0.25) is 0 Å². The molecule has 1 saturated heterocycles. The van der Waals surface area contributed by atoms with Crippen LogP contribution in [-0.4, -0.2) is 49.3 Å². The maximum absolute atomic E-state index is 13.2. The number of amides is 2. The Kier molecular flexibility index (Phi) is 4.85. The number of piperidine rings is 1. The van der Waals surface area contributed by atoms with Gasteiger partial charge in [0.05, 0.1) is 5.69 Å². The Balaban J connectivity index is 1.57. The SMILES string of the molecule is Cn1cc(S(=O)(=O)N2CCc3ccccc32)cc1C(=O)N1CCC(C(N)=O)CC1. The number of nitrogens with two attached hydrogens (primary N) is 1. The largest absolute Gasteiger partial charge is 0.369 e. The predicted octanol–water partition coefficient (Wildman–Crippen LogP) is 1.11. The third-order valence-corrected chi connectivity index (χ3v) is 7.59. The first kappa shape index (κ1) is 19.5. The summed E-state index contributed by atoms with van der Waals surface area (Å²) in [6.07, 6.45) is 3.21.